The van der Waals surface area contributed by atoms with Crippen LogP contribution >= 0.6 is 11.8 Å². The average molecular weight is 406 g/mol. The van der Waals surface area contributed by atoms with Gasteiger partial charge in [0.05, 0.1) is 20.3 Å². The summed E-state index contributed by atoms with van der Waals surface area (Å²) in [6, 6.07) is 12.7. The van der Waals surface area contributed by atoms with Gasteiger partial charge >= 0.3 is 0 Å². The number of rotatable bonds is 10. The lowest BCUT2D eigenvalue weighted by Crippen LogP contribution is -2.38. The van der Waals surface area contributed by atoms with Crippen molar-refractivity contribution < 1.29 is 13.9 Å². The second-order valence-corrected chi connectivity index (χ2v) is 6.97. The van der Waals surface area contributed by atoms with E-state index in [-0.39, 0.29) is 5.82 Å². The number of nitrogens with one attached hydrogen (secondary N) is 2. The molecule has 0 aliphatic rings. The third-order valence-corrected chi connectivity index (χ3v) is 4.68. The van der Waals surface area contributed by atoms with E-state index in [1.165, 1.54) is 6.07 Å². The molecule has 0 radical (unpaired) electrons. The fourth-order valence-electron chi connectivity index (χ4n) is 2.65. The van der Waals surface area contributed by atoms with Gasteiger partial charge in [-0.15, -0.1) is 0 Å². The second kappa shape index (κ2) is 12.3. The van der Waals surface area contributed by atoms with Crippen molar-refractivity contribution in [1.82, 2.24) is 10.6 Å². The highest BCUT2D eigenvalue weighted by Crippen LogP contribution is 2.16. The topological polar surface area (TPSA) is 54.9 Å². The van der Waals surface area contributed by atoms with Crippen LogP contribution in [0.4, 0.5) is 4.39 Å². The molecule has 0 amide bonds. The number of methoxy groups -OCH3 is 1. The highest BCUT2D eigenvalue weighted by Gasteiger charge is 2.05. The number of nitrogens with zero attached hydrogens (tertiary/aromatic N) is 1. The smallest absolute Gasteiger partial charge is 0.191 e. The molecular formula is C21H28FN3O2S. The molecule has 152 valence electrons. The van der Waals surface area contributed by atoms with Crippen LogP contribution in [0, 0.1) is 5.82 Å². The first-order valence-electron chi connectivity index (χ1n) is 9.07. The molecule has 0 aliphatic carbocycles. The minimum Gasteiger partial charge on any atom is -0.497 e. The number of hydrogen-bond acceptors (Lipinski definition) is 4. The van der Waals surface area contributed by atoms with Gasteiger partial charge in [-0.05, 0) is 47.2 Å². The van der Waals surface area contributed by atoms with E-state index in [1.54, 1.807) is 32.0 Å². The minimum atomic E-state index is -0.205. The van der Waals surface area contributed by atoms with Crippen molar-refractivity contribution in [3.05, 3.63) is 65.0 Å². The van der Waals surface area contributed by atoms with E-state index in [0.717, 1.165) is 28.2 Å². The summed E-state index contributed by atoms with van der Waals surface area (Å²) in [5, 5.41) is 6.48. The largest absolute Gasteiger partial charge is 0.497 e. The van der Waals surface area contributed by atoms with Crippen LogP contribution in [0.25, 0.3) is 0 Å². The Morgan fingerprint density at radius 2 is 2.00 bits per heavy atom. The molecule has 2 rings (SSSR count). The van der Waals surface area contributed by atoms with Crippen LogP contribution in [0.1, 0.15) is 16.7 Å². The van der Waals surface area contributed by atoms with E-state index in [2.05, 4.69) is 15.6 Å². The van der Waals surface area contributed by atoms with Crippen molar-refractivity contribution >= 4 is 17.7 Å². The molecule has 0 spiro atoms. The normalized spacial score (nSPS) is 11.4. The van der Waals surface area contributed by atoms with Crippen molar-refractivity contribution in [1.29, 1.82) is 0 Å². The highest BCUT2D eigenvalue weighted by atomic mass is 32.2. The van der Waals surface area contributed by atoms with Gasteiger partial charge in [0.2, 0.25) is 0 Å². The van der Waals surface area contributed by atoms with Gasteiger partial charge in [-0.3, -0.25) is 4.99 Å². The summed E-state index contributed by atoms with van der Waals surface area (Å²) in [7, 11) is 3.37. The zero-order valence-corrected chi connectivity index (χ0v) is 17.4. The van der Waals surface area contributed by atoms with Crippen LogP contribution in [0.5, 0.6) is 5.75 Å². The van der Waals surface area contributed by atoms with Gasteiger partial charge in [0.15, 0.2) is 5.96 Å². The first-order valence-corrected chi connectivity index (χ1v) is 10.5. The fraction of sp³-hybridized carbons (Fsp3) is 0.381. The molecule has 5 nitrogen and oxygen atoms in total. The monoisotopic (exact) mass is 405 g/mol. The highest BCUT2D eigenvalue weighted by molar-refractivity contribution is 7.97. The third kappa shape index (κ3) is 7.40. The first-order chi connectivity index (χ1) is 13.7. The number of hydrogen-bond donors (Lipinski definition) is 2. The summed E-state index contributed by atoms with van der Waals surface area (Å²) < 4.78 is 24.4. The number of ether oxygens (including phenoxy) is 2. The first kappa shape index (κ1) is 22.0. The summed E-state index contributed by atoms with van der Waals surface area (Å²) in [6.45, 7) is 2.29. The molecule has 0 aliphatic heterocycles. The van der Waals surface area contributed by atoms with Crippen LogP contribution in [0.2, 0.25) is 0 Å². The van der Waals surface area contributed by atoms with Gasteiger partial charge in [0.1, 0.15) is 11.6 Å². The van der Waals surface area contributed by atoms with Crippen molar-refractivity contribution in [2.24, 2.45) is 4.99 Å². The molecule has 0 heterocycles. The van der Waals surface area contributed by atoms with Gasteiger partial charge in [0, 0.05) is 25.9 Å². The summed E-state index contributed by atoms with van der Waals surface area (Å²) in [6.07, 6.45) is 2.01. The van der Waals surface area contributed by atoms with Gasteiger partial charge in [0.25, 0.3) is 0 Å². The summed E-state index contributed by atoms with van der Waals surface area (Å²) >= 11 is 1.67. The molecule has 0 unspecified atom stereocenters. The molecule has 0 fully saturated rings. The SMILES string of the molecule is CN=C(NCCOCc1cccc(OC)c1)NCc1ccc(F)cc1CSC. The number of thioether (sulfide) groups is 1. The Labute approximate surface area is 170 Å². The Morgan fingerprint density at radius 1 is 1.14 bits per heavy atom. The molecule has 0 saturated carbocycles. The lowest BCUT2D eigenvalue weighted by Gasteiger charge is -2.14. The fourth-order valence-corrected chi connectivity index (χ4v) is 3.23. The number of halogens is 1. The van der Waals surface area contributed by atoms with E-state index >= 15 is 0 Å². The van der Waals surface area contributed by atoms with Gasteiger partial charge in [-0.1, -0.05) is 18.2 Å². The molecule has 0 saturated heterocycles. The van der Waals surface area contributed by atoms with E-state index in [9.17, 15) is 4.39 Å². The quantitative estimate of drug-likeness (QED) is 0.360. The predicted octanol–water partition coefficient (Wildman–Crippen LogP) is 3.58. The zero-order chi connectivity index (χ0) is 20.2. The second-order valence-electron chi connectivity index (χ2n) is 6.10. The summed E-state index contributed by atoms with van der Waals surface area (Å²) in [5.74, 6) is 2.08. The lowest BCUT2D eigenvalue weighted by molar-refractivity contribution is 0.125. The Kier molecular flexibility index (Phi) is 9.65. The Bertz CT molecular complexity index is 771. The number of benzene rings is 2. The van der Waals surface area contributed by atoms with Crippen LogP contribution < -0.4 is 15.4 Å². The van der Waals surface area contributed by atoms with Crippen molar-refractivity contribution in [2.45, 2.75) is 18.9 Å². The molecule has 0 atom stereocenters. The molecule has 0 bridgehead atoms. The van der Waals surface area contributed by atoms with Gasteiger partial charge in [-0.25, -0.2) is 4.39 Å². The molecule has 2 aromatic rings. The average Bonchev–Trinajstić information content (AvgIpc) is 2.71. The summed E-state index contributed by atoms with van der Waals surface area (Å²) in [4.78, 5) is 4.22. The van der Waals surface area contributed by atoms with E-state index in [0.29, 0.717) is 32.3 Å². The number of aliphatic imine (C=N–C) groups is 1. The Hall–Kier alpha value is -2.25. The van der Waals surface area contributed by atoms with Crippen molar-refractivity contribution in [2.75, 3.05) is 33.6 Å². The van der Waals surface area contributed by atoms with Crippen molar-refractivity contribution in [3.63, 3.8) is 0 Å². The zero-order valence-electron chi connectivity index (χ0n) is 16.6. The number of guanidine groups is 1. The van der Waals surface area contributed by atoms with E-state index < -0.39 is 0 Å². The Morgan fingerprint density at radius 3 is 2.75 bits per heavy atom. The maximum atomic E-state index is 13.5. The molecule has 28 heavy (non-hydrogen) atoms. The van der Waals surface area contributed by atoms with E-state index in [4.69, 9.17) is 9.47 Å². The lowest BCUT2D eigenvalue weighted by atomic mass is 10.1. The minimum absolute atomic E-state index is 0.205. The Balaban J connectivity index is 1.73. The van der Waals surface area contributed by atoms with Gasteiger partial charge in [-0.2, -0.15) is 11.8 Å². The van der Waals surface area contributed by atoms with Crippen LogP contribution in [0.3, 0.4) is 0 Å². The maximum Gasteiger partial charge on any atom is 0.191 e. The molecular weight excluding hydrogens is 377 g/mol. The molecule has 0 aromatic heterocycles. The third-order valence-electron chi connectivity index (χ3n) is 4.08. The molecule has 2 aromatic carbocycles. The maximum absolute atomic E-state index is 13.5. The van der Waals surface area contributed by atoms with E-state index in [1.807, 2.05) is 36.6 Å². The van der Waals surface area contributed by atoms with Gasteiger partial charge < -0.3 is 20.1 Å². The molecule has 2 N–H and O–H groups in total. The van der Waals surface area contributed by atoms with Crippen LogP contribution in [-0.4, -0.2) is 39.5 Å². The van der Waals surface area contributed by atoms with Crippen LogP contribution in [-0.2, 0) is 23.6 Å². The van der Waals surface area contributed by atoms with Crippen molar-refractivity contribution in [3.8, 4) is 5.75 Å². The summed E-state index contributed by atoms with van der Waals surface area (Å²) in [5.41, 5.74) is 3.13. The molecule has 7 heteroatoms. The van der Waals surface area contributed by atoms with Crippen LogP contribution in [0.15, 0.2) is 47.5 Å². The predicted molar refractivity (Wildman–Crippen MR) is 114 cm³/mol. The standard InChI is InChI=1S/C21H28FN3O2S/c1-23-21(25-13-17-7-8-19(22)12-18(17)15-28-3)24-9-10-27-14-16-5-4-6-20(11-16)26-2/h4-8,11-12H,9-10,13-15H2,1-3H3,(H2,23,24,25).